The molecule has 0 bridgehead atoms. The third-order valence-corrected chi connectivity index (χ3v) is 4.44. The van der Waals surface area contributed by atoms with Crippen molar-refractivity contribution in [3.8, 4) is 0 Å². The lowest BCUT2D eigenvalue weighted by Gasteiger charge is -2.23. The van der Waals surface area contributed by atoms with E-state index in [-0.39, 0.29) is 0 Å². The average Bonchev–Trinajstić information content (AvgIpc) is 1.90. The normalized spacial score (nSPS) is 14.3. The van der Waals surface area contributed by atoms with Crippen LogP contribution in [0.5, 0.6) is 0 Å². The summed E-state index contributed by atoms with van der Waals surface area (Å²) in [4.78, 5) is 3.33. The van der Waals surface area contributed by atoms with Gasteiger partial charge in [0.25, 0.3) is 0 Å². The first-order valence-electron chi connectivity index (χ1n) is 3.67. The van der Waals surface area contributed by atoms with E-state index < -0.39 is 9.12 Å². The molecule has 0 spiro atoms. The van der Waals surface area contributed by atoms with E-state index in [2.05, 4.69) is 37.0 Å². The summed E-state index contributed by atoms with van der Waals surface area (Å²) in [6.07, 6.45) is 0. The molecule has 3 heteroatoms. The minimum Gasteiger partial charge on any atom is -0.331 e. The zero-order valence-corrected chi connectivity index (χ0v) is 8.09. The molecule has 2 nitrogen and oxygen atoms in total. The molecule has 56 valence electrons. The molecule has 0 aliphatic rings. The third-order valence-electron chi connectivity index (χ3n) is 1.78. The Kier molecular flexibility index (Phi) is 5.04. The Labute approximate surface area is 60.0 Å². The van der Waals surface area contributed by atoms with E-state index in [1.807, 2.05) is 0 Å². The van der Waals surface area contributed by atoms with Crippen LogP contribution in [0.4, 0.5) is 0 Å². The summed E-state index contributed by atoms with van der Waals surface area (Å²) in [6, 6.07) is 0. The van der Waals surface area contributed by atoms with Crippen LogP contribution in [0.3, 0.4) is 0 Å². The Bertz CT molecular complexity index is 64.1. The summed E-state index contributed by atoms with van der Waals surface area (Å²) < 4.78 is 2.50. The highest BCUT2D eigenvalue weighted by Gasteiger charge is 2.07. The van der Waals surface area contributed by atoms with Gasteiger partial charge in [0.1, 0.15) is 0 Å². The van der Waals surface area contributed by atoms with E-state index in [4.69, 9.17) is 0 Å². The molecular weight excluding hydrogens is 128 g/mol. The molecular formula is C6H18N2Si. The summed E-state index contributed by atoms with van der Waals surface area (Å²) in [6.45, 7) is 9.11. The molecule has 0 heterocycles. The van der Waals surface area contributed by atoms with Gasteiger partial charge in [-0.1, -0.05) is 13.8 Å². The van der Waals surface area contributed by atoms with E-state index in [1.165, 1.54) is 13.1 Å². The van der Waals surface area contributed by atoms with Crippen molar-refractivity contribution in [1.82, 2.24) is 9.55 Å². The van der Waals surface area contributed by atoms with Crippen LogP contribution in [0.25, 0.3) is 0 Å². The Morgan fingerprint density at radius 3 is 1.89 bits per heavy atom. The highest BCUT2D eigenvalue weighted by Crippen LogP contribution is 1.88. The quantitative estimate of drug-likeness (QED) is 0.578. The van der Waals surface area contributed by atoms with Crippen molar-refractivity contribution in [3.63, 3.8) is 0 Å². The number of hydrogen-bond acceptors (Lipinski definition) is 2. The van der Waals surface area contributed by atoms with Crippen molar-refractivity contribution < 1.29 is 0 Å². The van der Waals surface area contributed by atoms with Gasteiger partial charge >= 0.3 is 0 Å². The molecule has 0 aliphatic heterocycles. The molecule has 0 aromatic rings. The van der Waals surface area contributed by atoms with E-state index in [0.29, 0.717) is 0 Å². The van der Waals surface area contributed by atoms with Crippen LogP contribution in [0.2, 0.25) is 6.55 Å². The maximum absolute atomic E-state index is 3.33. The third kappa shape index (κ3) is 2.98. The minimum atomic E-state index is -0.713. The number of hydrogen-bond donors (Lipinski definition) is 1. The zero-order chi connectivity index (χ0) is 7.28. The topological polar surface area (TPSA) is 15.3 Å². The van der Waals surface area contributed by atoms with Gasteiger partial charge in [-0.05, 0) is 26.7 Å². The molecule has 0 aromatic heterocycles. The van der Waals surface area contributed by atoms with Crippen molar-refractivity contribution in [1.29, 1.82) is 0 Å². The summed E-state index contributed by atoms with van der Waals surface area (Å²) >= 11 is 0. The summed E-state index contributed by atoms with van der Waals surface area (Å²) in [7, 11) is 1.34. The van der Waals surface area contributed by atoms with Gasteiger partial charge in [-0.15, -0.1) is 0 Å². The second kappa shape index (κ2) is 4.96. The van der Waals surface area contributed by atoms with Crippen molar-refractivity contribution in [3.05, 3.63) is 0 Å². The standard InChI is InChI=1S/C6H18N2Si/c1-5-8(6-2)9(4)7-3/h7,9H,5-6H2,1-4H3. The molecule has 1 N–H and O–H groups in total. The fraction of sp³-hybridized carbons (Fsp3) is 1.00. The lowest BCUT2D eigenvalue weighted by molar-refractivity contribution is 0.474. The minimum absolute atomic E-state index is 0.713. The molecule has 1 unspecified atom stereocenters. The molecule has 0 fully saturated rings. The molecule has 0 saturated carbocycles. The van der Waals surface area contributed by atoms with Gasteiger partial charge in [0, 0.05) is 0 Å². The summed E-state index contributed by atoms with van der Waals surface area (Å²) in [5.74, 6) is 0. The fourth-order valence-corrected chi connectivity index (χ4v) is 2.41. The highest BCUT2D eigenvalue weighted by molar-refractivity contribution is 6.51. The zero-order valence-electron chi connectivity index (χ0n) is 6.94. The lowest BCUT2D eigenvalue weighted by atomic mass is 10.7. The Morgan fingerprint density at radius 2 is 1.78 bits per heavy atom. The highest BCUT2D eigenvalue weighted by atomic mass is 28.3. The number of nitrogens with zero attached hydrogens (tertiary/aromatic N) is 1. The first kappa shape index (κ1) is 9.14. The van der Waals surface area contributed by atoms with Crippen molar-refractivity contribution in [2.45, 2.75) is 20.4 Å². The lowest BCUT2D eigenvalue weighted by Crippen LogP contribution is -2.46. The molecule has 0 saturated heterocycles. The van der Waals surface area contributed by atoms with E-state index in [0.717, 1.165) is 0 Å². The molecule has 0 amide bonds. The van der Waals surface area contributed by atoms with E-state index in [9.17, 15) is 0 Å². The molecule has 0 rings (SSSR count). The molecule has 0 radical (unpaired) electrons. The van der Waals surface area contributed by atoms with Crippen LogP contribution >= 0.6 is 0 Å². The predicted octanol–water partition coefficient (Wildman–Crippen LogP) is 0.398. The molecule has 0 aliphatic carbocycles. The first-order valence-corrected chi connectivity index (χ1v) is 5.92. The monoisotopic (exact) mass is 146 g/mol. The Balaban J connectivity index is 3.50. The van der Waals surface area contributed by atoms with Crippen LogP contribution < -0.4 is 4.98 Å². The van der Waals surface area contributed by atoms with Crippen molar-refractivity contribution in [2.75, 3.05) is 20.1 Å². The van der Waals surface area contributed by atoms with Crippen LogP contribution in [0, 0.1) is 0 Å². The predicted molar refractivity (Wildman–Crippen MR) is 45.0 cm³/mol. The number of rotatable bonds is 4. The fourth-order valence-electron chi connectivity index (χ4n) is 0.954. The summed E-state index contributed by atoms with van der Waals surface area (Å²) in [5, 5.41) is 0. The van der Waals surface area contributed by atoms with Gasteiger partial charge in [0.2, 0.25) is 0 Å². The van der Waals surface area contributed by atoms with Crippen molar-refractivity contribution >= 4 is 9.12 Å². The maximum Gasteiger partial charge on any atom is 0.183 e. The van der Waals surface area contributed by atoms with E-state index >= 15 is 0 Å². The second-order valence-electron chi connectivity index (χ2n) is 2.19. The van der Waals surface area contributed by atoms with Gasteiger partial charge in [-0.2, -0.15) is 0 Å². The van der Waals surface area contributed by atoms with Gasteiger partial charge in [-0.25, -0.2) is 0 Å². The largest absolute Gasteiger partial charge is 0.331 e. The van der Waals surface area contributed by atoms with Crippen LogP contribution in [0.1, 0.15) is 13.8 Å². The summed E-state index contributed by atoms with van der Waals surface area (Å²) in [5.41, 5.74) is 0. The smallest absolute Gasteiger partial charge is 0.183 e. The van der Waals surface area contributed by atoms with Crippen LogP contribution in [-0.4, -0.2) is 33.8 Å². The molecule has 0 aromatic carbocycles. The maximum atomic E-state index is 3.33. The van der Waals surface area contributed by atoms with Crippen molar-refractivity contribution in [2.24, 2.45) is 0 Å². The average molecular weight is 146 g/mol. The SMILES string of the molecule is CCN(CC)[SiH](C)NC. The molecule has 1 atom stereocenters. The van der Waals surface area contributed by atoms with Gasteiger partial charge in [-0.3, -0.25) is 0 Å². The van der Waals surface area contributed by atoms with Gasteiger partial charge in [0.15, 0.2) is 9.12 Å². The number of nitrogens with one attached hydrogen (secondary N) is 1. The van der Waals surface area contributed by atoms with Crippen LogP contribution in [0.15, 0.2) is 0 Å². The van der Waals surface area contributed by atoms with E-state index in [1.54, 1.807) is 0 Å². The van der Waals surface area contributed by atoms with Gasteiger partial charge < -0.3 is 9.55 Å². The van der Waals surface area contributed by atoms with Gasteiger partial charge in [0.05, 0.1) is 0 Å². The molecule has 9 heavy (non-hydrogen) atoms. The first-order chi connectivity index (χ1) is 4.26. The Morgan fingerprint density at radius 1 is 1.33 bits per heavy atom. The van der Waals surface area contributed by atoms with Crippen LogP contribution in [-0.2, 0) is 0 Å². The second-order valence-corrected chi connectivity index (χ2v) is 4.85. The Hall–Kier alpha value is 0.137.